The molecular weight excluding hydrogens is 316 g/mol. The molecule has 2 unspecified atom stereocenters. The predicted octanol–water partition coefficient (Wildman–Crippen LogP) is 2.90. The number of hydrogen-bond acceptors (Lipinski definition) is 3. The normalized spacial score (nSPS) is 21.6. The molecule has 1 aliphatic rings. The molecule has 0 radical (unpaired) electrons. The molecule has 0 aromatic heterocycles. The predicted molar refractivity (Wildman–Crippen MR) is 86.9 cm³/mol. The lowest BCUT2D eigenvalue weighted by Gasteiger charge is -2.27. The third-order valence-corrected chi connectivity index (χ3v) is 4.55. The number of likely N-dealkylation sites (tertiary alicyclic amines) is 1. The fourth-order valence-electron chi connectivity index (χ4n) is 2.96. The largest absolute Gasteiger partial charge is 0.388 e. The van der Waals surface area contributed by atoms with Crippen molar-refractivity contribution in [2.45, 2.75) is 31.4 Å². The third kappa shape index (κ3) is 4.55. The van der Waals surface area contributed by atoms with Crippen LogP contribution in [-0.4, -0.2) is 54.7 Å². The van der Waals surface area contributed by atoms with Crippen LogP contribution in [0.2, 0.25) is 0 Å². The van der Waals surface area contributed by atoms with Crippen LogP contribution < -0.4 is 0 Å². The van der Waals surface area contributed by atoms with Gasteiger partial charge in [-0.15, -0.1) is 0 Å². The van der Waals surface area contributed by atoms with Crippen molar-refractivity contribution in [1.29, 1.82) is 0 Å². The van der Waals surface area contributed by atoms with E-state index >= 15 is 0 Å². The molecule has 1 aromatic carbocycles. The summed E-state index contributed by atoms with van der Waals surface area (Å²) in [6.07, 6.45) is 3.02. The van der Waals surface area contributed by atoms with Gasteiger partial charge in [-0.05, 0) is 57.6 Å². The molecule has 3 nitrogen and oxygen atoms in total. The van der Waals surface area contributed by atoms with Gasteiger partial charge in [0, 0.05) is 23.6 Å². The van der Waals surface area contributed by atoms with E-state index in [0.717, 1.165) is 29.5 Å². The number of nitrogens with zero attached hydrogens (tertiary/aromatic N) is 2. The number of benzene rings is 1. The zero-order valence-corrected chi connectivity index (χ0v) is 14.0. The van der Waals surface area contributed by atoms with Gasteiger partial charge in [0.25, 0.3) is 0 Å². The fourth-order valence-corrected chi connectivity index (χ4v) is 3.22. The first kappa shape index (κ1) is 16.0. The van der Waals surface area contributed by atoms with Crippen LogP contribution in [0.4, 0.5) is 0 Å². The lowest BCUT2D eigenvalue weighted by Crippen LogP contribution is -2.38. The molecule has 1 heterocycles. The van der Waals surface area contributed by atoms with E-state index in [2.05, 4.69) is 39.8 Å². The third-order valence-electron chi connectivity index (χ3n) is 4.02. The lowest BCUT2D eigenvalue weighted by molar-refractivity contribution is 0.131. The summed E-state index contributed by atoms with van der Waals surface area (Å²) < 4.78 is 1.05. The first-order valence-electron chi connectivity index (χ1n) is 7.38. The second-order valence-corrected chi connectivity index (χ2v) is 6.87. The zero-order valence-electron chi connectivity index (χ0n) is 12.4. The maximum absolute atomic E-state index is 10.3. The van der Waals surface area contributed by atoms with Crippen LogP contribution >= 0.6 is 15.9 Å². The topological polar surface area (TPSA) is 26.7 Å². The summed E-state index contributed by atoms with van der Waals surface area (Å²) in [5.41, 5.74) is 1.01. The molecule has 0 amide bonds. The highest BCUT2D eigenvalue weighted by atomic mass is 79.9. The summed E-state index contributed by atoms with van der Waals surface area (Å²) >= 11 is 3.42. The summed E-state index contributed by atoms with van der Waals surface area (Å²) in [4.78, 5) is 4.79. The molecule has 4 heteroatoms. The molecule has 0 spiro atoms. The van der Waals surface area contributed by atoms with Crippen molar-refractivity contribution in [3.8, 4) is 0 Å². The Morgan fingerprint density at radius 2 is 2.05 bits per heavy atom. The molecule has 1 N–H and O–H groups in total. The van der Waals surface area contributed by atoms with E-state index in [-0.39, 0.29) is 6.10 Å². The van der Waals surface area contributed by atoms with E-state index in [1.54, 1.807) is 0 Å². The van der Waals surface area contributed by atoms with Crippen LogP contribution in [-0.2, 0) is 0 Å². The van der Waals surface area contributed by atoms with Gasteiger partial charge in [-0.25, -0.2) is 0 Å². The monoisotopic (exact) mass is 340 g/mol. The second-order valence-electron chi connectivity index (χ2n) is 5.95. The number of likely N-dealkylation sites (N-methyl/N-ethyl adjacent to an activating group) is 1. The van der Waals surface area contributed by atoms with Crippen molar-refractivity contribution in [3.63, 3.8) is 0 Å². The van der Waals surface area contributed by atoms with E-state index in [0.29, 0.717) is 6.04 Å². The van der Waals surface area contributed by atoms with Crippen molar-refractivity contribution in [2.24, 2.45) is 0 Å². The van der Waals surface area contributed by atoms with E-state index in [1.165, 1.54) is 19.4 Å². The Labute approximate surface area is 130 Å². The quantitative estimate of drug-likeness (QED) is 0.862. The summed E-state index contributed by atoms with van der Waals surface area (Å²) in [6, 6.07) is 8.63. The Bertz CT molecular complexity index is 407. The van der Waals surface area contributed by atoms with E-state index < -0.39 is 0 Å². The van der Waals surface area contributed by atoms with E-state index in [4.69, 9.17) is 0 Å². The highest BCUT2D eigenvalue weighted by Crippen LogP contribution is 2.23. The SMILES string of the molecule is CN(C)CC1CCCN1CCC(O)c1ccc(Br)cc1. The van der Waals surface area contributed by atoms with Gasteiger partial charge < -0.3 is 10.0 Å². The minimum absolute atomic E-state index is 0.358. The molecular formula is C16H25BrN2O. The number of halogens is 1. The van der Waals surface area contributed by atoms with E-state index in [9.17, 15) is 5.11 Å². The Balaban J connectivity index is 1.83. The molecule has 0 bridgehead atoms. The summed E-state index contributed by atoms with van der Waals surface area (Å²) in [6.45, 7) is 3.27. The molecule has 2 rings (SSSR count). The molecule has 20 heavy (non-hydrogen) atoms. The van der Waals surface area contributed by atoms with Crippen LogP contribution in [0.3, 0.4) is 0 Å². The van der Waals surface area contributed by atoms with Gasteiger partial charge in [-0.3, -0.25) is 4.90 Å². The highest BCUT2D eigenvalue weighted by Gasteiger charge is 2.25. The Hall–Kier alpha value is -0.420. The summed E-state index contributed by atoms with van der Waals surface area (Å²) in [5.74, 6) is 0. The maximum Gasteiger partial charge on any atom is 0.0802 e. The molecule has 1 fully saturated rings. The van der Waals surface area contributed by atoms with Gasteiger partial charge in [0.1, 0.15) is 0 Å². The van der Waals surface area contributed by atoms with Crippen molar-refractivity contribution >= 4 is 15.9 Å². The maximum atomic E-state index is 10.3. The smallest absolute Gasteiger partial charge is 0.0802 e. The van der Waals surface area contributed by atoms with Gasteiger partial charge in [-0.1, -0.05) is 28.1 Å². The average molecular weight is 341 g/mol. The molecule has 0 aliphatic carbocycles. The number of aliphatic hydroxyl groups is 1. The minimum atomic E-state index is -0.358. The highest BCUT2D eigenvalue weighted by molar-refractivity contribution is 9.10. The Morgan fingerprint density at radius 3 is 2.70 bits per heavy atom. The molecule has 1 aliphatic heterocycles. The van der Waals surface area contributed by atoms with Gasteiger partial charge >= 0.3 is 0 Å². The average Bonchev–Trinajstić information content (AvgIpc) is 2.83. The van der Waals surface area contributed by atoms with Gasteiger partial charge in [0.15, 0.2) is 0 Å². The van der Waals surface area contributed by atoms with Crippen LogP contribution in [0.1, 0.15) is 30.9 Å². The Kier molecular flexibility index (Phi) is 6.02. The molecule has 1 saturated heterocycles. The first-order chi connectivity index (χ1) is 9.56. The number of rotatable bonds is 6. The Morgan fingerprint density at radius 1 is 1.35 bits per heavy atom. The molecule has 2 atom stereocenters. The fraction of sp³-hybridized carbons (Fsp3) is 0.625. The van der Waals surface area contributed by atoms with Crippen LogP contribution in [0.15, 0.2) is 28.7 Å². The zero-order chi connectivity index (χ0) is 14.5. The lowest BCUT2D eigenvalue weighted by atomic mass is 10.1. The van der Waals surface area contributed by atoms with E-state index in [1.807, 2.05) is 24.3 Å². The van der Waals surface area contributed by atoms with Gasteiger partial charge in [0.2, 0.25) is 0 Å². The number of hydrogen-bond donors (Lipinski definition) is 1. The molecule has 0 saturated carbocycles. The van der Waals surface area contributed by atoms with Crippen molar-refractivity contribution < 1.29 is 5.11 Å². The van der Waals surface area contributed by atoms with Crippen LogP contribution in [0.5, 0.6) is 0 Å². The molecule has 1 aromatic rings. The van der Waals surface area contributed by atoms with Crippen molar-refractivity contribution in [1.82, 2.24) is 9.80 Å². The van der Waals surface area contributed by atoms with Gasteiger partial charge in [0.05, 0.1) is 6.10 Å². The van der Waals surface area contributed by atoms with Crippen molar-refractivity contribution in [3.05, 3.63) is 34.3 Å². The van der Waals surface area contributed by atoms with Crippen LogP contribution in [0, 0.1) is 0 Å². The standard InChI is InChI=1S/C16H25BrN2O/c1-18(2)12-15-4-3-10-19(15)11-9-16(20)13-5-7-14(17)8-6-13/h5-8,15-16,20H,3-4,9-12H2,1-2H3. The minimum Gasteiger partial charge on any atom is -0.388 e. The first-order valence-corrected chi connectivity index (χ1v) is 8.18. The van der Waals surface area contributed by atoms with Crippen LogP contribution in [0.25, 0.3) is 0 Å². The van der Waals surface area contributed by atoms with Gasteiger partial charge in [-0.2, -0.15) is 0 Å². The van der Waals surface area contributed by atoms with Crippen molar-refractivity contribution in [2.75, 3.05) is 33.7 Å². The summed E-state index contributed by atoms with van der Waals surface area (Å²) in [5, 5.41) is 10.3. The number of aliphatic hydroxyl groups excluding tert-OH is 1. The second kappa shape index (κ2) is 7.55. The molecule has 112 valence electrons. The summed E-state index contributed by atoms with van der Waals surface area (Å²) in [7, 11) is 4.26.